The van der Waals surface area contributed by atoms with Gasteiger partial charge in [-0.2, -0.15) is 0 Å². The summed E-state index contributed by atoms with van der Waals surface area (Å²) in [6, 6.07) is 16.3. The predicted octanol–water partition coefficient (Wildman–Crippen LogP) is 3.83. The summed E-state index contributed by atoms with van der Waals surface area (Å²) in [6.45, 7) is 0.558. The standard InChI is InChI=1S/C26H22ClN3O4/c27-19-9-4-8-18-21(17-6-2-1-3-7-17)30-16-28(26(12-13-26)11-5-15-34-24(18)19)25(33)22-23(32)20(31)10-14-29(22)30/h1-11,14,21,32H,12-13,15-16H2/b11-5+/t21-/m1/s1. The van der Waals surface area contributed by atoms with Crippen LogP contribution in [0.5, 0.6) is 11.5 Å². The number of hydrogen-bond acceptors (Lipinski definition) is 5. The maximum Gasteiger partial charge on any atom is 0.278 e. The number of aromatic nitrogens is 1. The van der Waals surface area contributed by atoms with Crippen LogP contribution >= 0.6 is 11.6 Å². The van der Waals surface area contributed by atoms with E-state index in [9.17, 15) is 14.7 Å². The summed E-state index contributed by atoms with van der Waals surface area (Å²) >= 11 is 6.61. The Hall–Kier alpha value is -3.71. The Morgan fingerprint density at radius 2 is 1.82 bits per heavy atom. The van der Waals surface area contributed by atoms with Gasteiger partial charge in [-0.15, -0.1) is 0 Å². The first-order chi connectivity index (χ1) is 16.5. The van der Waals surface area contributed by atoms with Gasteiger partial charge in [-0.25, -0.2) is 0 Å². The summed E-state index contributed by atoms with van der Waals surface area (Å²) in [4.78, 5) is 27.8. The van der Waals surface area contributed by atoms with Crippen LogP contribution < -0.4 is 15.2 Å². The number of carbonyl (C=O) groups excluding carboxylic acids is 1. The number of ether oxygens (including phenoxy) is 1. The van der Waals surface area contributed by atoms with Crippen molar-refractivity contribution in [3.63, 3.8) is 0 Å². The van der Waals surface area contributed by atoms with Crippen molar-refractivity contribution < 1.29 is 14.6 Å². The second kappa shape index (κ2) is 7.67. The number of rotatable bonds is 1. The summed E-state index contributed by atoms with van der Waals surface area (Å²) < 4.78 is 7.76. The molecule has 7 nitrogen and oxygen atoms in total. The Kier molecular flexibility index (Phi) is 4.71. The molecule has 8 heteroatoms. The molecule has 34 heavy (non-hydrogen) atoms. The first-order valence-corrected chi connectivity index (χ1v) is 11.6. The van der Waals surface area contributed by atoms with Gasteiger partial charge in [-0.05, 0) is 30.5 Å². The van der Waals surface area contributed by atoms with Crippen LogP contribution in [0.15, 0.2) is 77.7 Å². The number of para-hydroxylation sites is 1. The van der Waals surface area contributed by atoms with Gasteiger partial charge in [0.05, 0.1) is 10.6 Å². The fourth-order valence-corrected chi connectivity index (χ4v) is 5.22. The molecule has 2 bridgehead atoms. The minimum Gasteiger partial charge on any atom is -0.502 e. The van der Waals surface area contributed by atoms with E-state index in [0.29, 0.717) is 17.4 Å². The van der Waals surface area contributed by atoms with E-state index in [4.69, 9.17) is 16.3 Å². The summed E-state index contributed by atoms with van der Waals surface area (Å²) in [6.07, 6.45) is 7.04. The lowest BCUT2D eigenvalue weighted by molar-refractivity contribution is 0.0606. The molecule has 1 fully saturated rings. The van der Waals surface area contributed by atoms with Crippen LogP contribution in [0.1, 0.15) is 40.5 Å². The first-order valence-electron chi connectivity index (χ1n) is 11.2. The highest BCUT2D eigenvalue weighted by molar-refractivity contribution is 6.32. The Bertz CT molecular complexity index is 1380. The van der Waals surface area contributed by atoms with Crippen molar-refractivity contribution in [2.45, 2.75) is 24.4 Å². The van der Waals surface area contributed by atoms with E-state index in [0.717, 1.165) is 24.0 Å². The predicted molar refractivity (Wildman–Crippen MR) is 128 cm³/mol. The Balaban J connectivity index is 1.67. The van der Waals surface area contributed by atoms with Gasteiger partial charge in [0.25, 0.3) is 5.91 Å². The van der Waals surface area contributed by atoms with Crippen LogP contribution in [0.3, 0.4) is 0 Å². The van der Waals surface area contributed by atoms with Gasteiger partial charge >= 0.3 is 0 Å². The molecule has 1 amide bonds. The number of halogens is 1. The van der Waals surface area contributed by atoms with Gasteiger partial charge in [0.1, 0.15) is 25.1 Å². The van der Waals surface area contributed by atoms with E-state index in [1.54, 1.807) is 21.8 Å². The number of benzene rings is 2. The van der Waals surface area contributed by atoms with Gasteiger partial charge in [-0.1, -0.05) is 60.1 Å². The Labute approximate surface area is 201 Å². The number of nitrogens with zero attached hydrogens (tertiary/aromatic N) is 3. The molecule has 1 N–H and O–H groups in total. The van der Waals surface area contributed by atoms with E-state index in [-0.39, 0.29) is 18.3 Å². The van der Waals surface area contributed by atoms with Crippen molar-refractivity contribution in [2.24, 2.45) is 0 Å². The highest BCUT2D eigenvalue weighted by Crippen LogP contribution is 2.47. The zero-order valence-corrected chi connectivity index (χ0v) is 19.0. The van der Waals surface area contributed by atoms with Crippen LogP contribution in [0.4, 0.5) is 0 Å². The normalized spacial score (nSPS) is 21.2. The Morgan fingerprint density at radius 1 is 1.03 bits per heavy atom. The molecule has 172 valence electrons. The molecule has 2 aliphatic heterocycles. The van der Waals surface area contributed by atoms with E-state index >= 15 is 0 Å². The van der Waals surface area contributed by atoms with Crippen LogP contribution in [-0.2, 0) is 0 Å². The maximum absolute atomic E-state index is 13.6. The Morgan fingerprint density at radius 3 is 2.59 bits per heavy atom. The minimum absolute atomic E-state index is 0.0388. The molecule has 1 saturated carbocycles. The fraction of sp³-hybridized carbons (Fsp3) is 0.231. The minimum atomic E-state index is -0.589. The van der Waals surface area contributed by atoms with Crippen LogP contribution in [0.25, 0.3) is 0 Å². The number of fused-ring (bicyclic) bond motifs is 6. The molecule has 3 aliphatic rings. The zero-order chi connectivity index (χ0) is 23.4. The molecule has 1 atom stereocenters. The third kappa shape index (κ3) is 3.11. The van der Waals surface area contributed by atoms with Gasteiger partial charge in [-0.3, -0.25) is 19.3 Å². The molecule has 0 radical (unpaired) electrons. The van der Waals surface area contributed by atoms with Gasteiger partial charge < -0.3 is 14.7 Å². The topological polar surface area (TPSA) is 75.0 Å². The molecule has 0 saturated heterocycles. The van der Waals surface area contributed by atoms with Crippen molar-refractivity contribution in [1.82, 2.24) is 9.58 Å². The molecule has 1 spiro atoms. The summed E-state index contributed by atoms with van der Waals surface area (Å²) in [5.41, 5.74) is 0.656. The molecule has 2 aromatic carbocycles. The second-order valence-electron chi connectivity index (χ2n) is 8.82. The van der Waals surface area contributed by atoms with Crippen LogP contribution in [0, 0.1) is 0 Å². The first kappa shape index (κ1) is 20.9. The molecular formula is C26H22ClN3O4. The molecule has 1 aliphatic carbocycles. The van der Waals surface area contributed by atoms with Gasteiger partial charge in [0, 0.05) is 17.8 Å². The van der Waals surface area contributed by atoms with Crippen LogP contribution in [0.2, 0.25) is 5.02 Å². The van der Waals surface area contributed by atoms with E-state index in [2.05, 4.69) is 0 Å². The average molecular weight is 476 g/mol. The molecule has 6 rings (SSSR count). The molecule has 0 unspecified atom stereocenters. The van der Waals surface area contributed by atoms with Crippen molar-refractivity contribution in [2.75, 3.05) is 18.3 Å². The van der Waals surface area contributed by atoms with Crippen molar-refractivity contribution in [1.29, 1.82) is 0 Å². The summed E-state index contributed by atoms with van der Waals surface area (Å²) in [7, 11) is 0. The van der Waals surface area contributed by atoms with Crippen molar-refractivity contribution in [3.8, 4) is 11.5 Å². The average Bonchev–Trinajstić information content (AvgIpc) is 3.63. The number of aromatic hydroxyl groups is 1. The summed E-state index contributed by atoms with van der Waals surface area (Å²) in [5, 5.41) is 13.2. The number of carbonyl (C=O) groups is 1. The lowest BCUT2D eigenvalue weighted by Crippen LogP contribution is -2.58. The number of amides is 1. The highest BCUT2D eigenvalue weighted by Gasteiger charge is 2.52. The maximum atomic E-state index is 13.6. The quantitative estimate of drug-likeness (QED) is 0.541. The van der Waals surface area contributed by atoms with Gasteiger partial charge in [0.15, 0.2) is 11.4 Å². The lowest BCUT2D eigenvalue weighted by atomic mass is 9.96. The summed E-state index contributed by atoms with van der Waals surface area (Å²) in [5.74, 6) is -0.359. The second-order valence-corrected chi connectivity index (χ2v) is 9.23. The smallest absolute Gasteiger partial charge is 0.278 e. The van der Waals surface area contributed by atoms with Gasteiger partial charge in [0.2, 0.25) is 5.43 Å². The molecule has 3 heterocycles. The number of pyridine rings is 1. The largest absolute Gasteiger partial charge is 0.502 e. The van der Waals surface area contributed by atoms with Crippen LogP contribution in [-0.4, -0.2) is 39.4 Å². The van der Waals surface area contributed by atoms with E-state index in [1.165, 1.54) is 6.07 Å². The number of hydrogen-bond donors (Lipinski definition) is 1. The van der Waals surface area contributed by atoms with Crippen molar-refractivity contribution in [3.05, 3.63) is 105 Å². The van der Waals surface area contributed by atoms with E-state index < -0.39 is 22.8 Å². The van der Waals surface area contributed by atoms with Crippen molar-refractivity contribution >= 4 is 17.5 Å². The third-order valence-corrected chi connectivity index (χ3v) is 7.12. The monoisotopic (exact) mass is 475 g/mol. The van der Waals surface area contributed by atoms with E-state index in [1.807, 2.05) is 59.6 Å². The zero-order valence-electron chi connectivity index (χ0n) is 18.2. The SMILES string of the molecule is O=C1c2c(O)c(=O)ccn2N2CN1C1(/C=C/COc3c(Cl)cccc3[C@H]2c2ccccc2)CC1. The molecule has 1 aromatic heterocycles. The molecular weight excluding hydrogens is 454 g/mol. The molecule has 3 aromatic rings. The lowest BCUT2D eigenvalue weighted by Gasteiger charge is -2.46. The highest BCUT2D eigenvalue weighted by atomic mass is 35.5. The third-order valence-electron chi connectivity index (χ3n) is 6.82. The fourth-order valence-electron chi connectivity index (χ4n) is 4.98.